The maximum atomic E-state index is 12.7. The Morgan fingerprint density at radius 3 is 2.58 bits per heavy atom. The molecule has 4 heteroatoms. The highest BCUT2D eigenvalue weighted by atomic mass is 16.3. The van der Waals surface area contributed by atoms with Crippen molar-refractivity contribution in [3.63, 3.8) is 0 Å². The monoisotopic (exact) mass is 326 g/mol. The largest absolute Gasteiger partial charge is 0.467 e. The maximum absolute atomic E-state index is 12.7. The minimum atomic E-state index is 0.0224. The van der Waals surface area contributed by atoms with Crippen LogP contribution in [0.3, 0.4) is 0 Å². The Hall–Kier alpha value is -2.23. The minimum Gasteiger partial charge on any atom is -0.467 e. The highest BCUT2D eigenvalue weighted by molar-refractivity contribution is 5.74. The summed E-state index contributed by atoms with van der Waals surface area (Å²) >= 11 is 0. The van der Waals surface area contributed by atoms with Crippen LogP contribution in [0.25, 0.3) is 0 Å². The Morgan fingerprint density at radius 2 is 1.88 bits per heavy atom. The highest BCUT2D eigenvalue weighted by Gasteiger charge is 2.20. The minimum absolute atomic E-state index is 0.0224. The average molecular weight is 326 g/mol. The lowest BCUT2D eigenvalue weighted by Gasteiger charge is -2.28. The summed E-state index contributed by atoms with van der Waals surface area (Å²) in [6.07, 6.45) is 8.41. The Labute approximate surface area is 143 Å². The predicted molar refractivity (Wildman–Crippen MR) is 94.7 cm³/mol. The van der Waals surface area contributed by atoms with Crippen molar-refractivity contribution in [2.45, 2.75) is 51.1 Å². The third kappa shape index (κ3) is 4.88. The van der Waals surface area contributed by atoms with E-state index in [0.29, 0.717) is 19.1 Å². The number of hydrogen-bond donors (Lipinski definition) is 1. The number of nitrogens with one attached hydrogen (secondary N) is 1. The van der Waals surface area contributed by atoms with Crippen molar-refractivity contribution in [2.24, 2.45) is 0 Å². The molecule has 1 aromatic heterocycles. The number of urea groups is 1. The van der Waals surface area contributed by atoms with E-state index < -0.39 is 0 Å². The summed E-state index contributed by atoms with van der Waals surface area (Å²) in [6, 6.07) is 14.4. The standard InChI is InChI=1S/C20H26N2O2/c23-20(21-18-10-5-2-6-11-18)22(16-19-12-7-15-24-19)14-13-17-8-3-1-4-9-17/h1,3-4,7-9,12,15,18H,2,5-6,10-11,13-14,16H2,(H,21,23). The molecule has 2 amide bonds. The van der Waals surface area contributed by atoms with Gasteiger partial charge in [0, 0.05) is 12.6 Å². The third-order valence-corrected chi connectivity index (χ3v) is 4.66. The highest BCUT2D eigenvalue weighted by Crippen LogP contribution is 2.18. The molecule has 3 rings (SSSR count). The lowest BCUT2D eigenvalue weighted by Crippen LogP contribution is -2.45. The van der Waals surface area contributed by atoms with Crippen molar-refractivity contribution in [1.29, 1.82) is 0 Å². The third-order valence-electron chi connectivity index (χ3n) is 4.66. The lowest BCUT2D eigenvalue weighted by atomic mass is 9.96. The van der Waals surface area contributed by atoms with Crippen molar-refractivity contribution in [3.8, 4) is 0 Å². The molecule has 0 unspecified atom stereocenters. The molecule has 2 aromatic rings. The summed E-state index contributed by atoms with van der Waals surface area (Å²) in [5.41, 5.74) is 1.24. The maximum Gasteiger partial charge on any atom is 0.318 e. The molecule has 1 saturated carbocycles. The molecule has 0 radical (unpaired) electrons. The number of amides is 2. The van der Waals surface area contributed by atoms with Crippen molar-refractivity contribution < 1.29 is 9.21 Å². The number of furan rings is 1. The average Bonchev–Trinajstić information content (AvgIpc) is 3.13. The second kappa shape index (κ2) is 8.57. The van der Waals surface area contributed by atoms with E-state index >= 15 is 0 Å². The quantitative estimate of drug-likeness (QED) is 0.857. The molecule has 4 nitrogen and oxygen atoms in total. The van der Waals surface area contributed by atoms with Crippen LogP contribution in [0.15, 0.2) is 53.1 Å². The molecule has 1 aromatic carbocycles. The zero-order valence-corrected chi connectivity index (χ0v) is 14.1. The molecular weight excluding hydrogens is 300 g/mol. The number of benzene rings is 1. The van der Waals surface area contributed by atoms with Gasteiger partial charge in [-0.1, -0.05) is 49.6 Å². The van der Waals surface area contributed by atoms with E-state index in [1.165, 1.54) is 24.8 Å². The molecule has 1 heterocycles. The molecule has 24 heavy (non-hydrogen) atoms. The van der Waals surface area contributed by atoms with E-state index in [-0.39, 0.29) is 6.03 Å². The van der Waals surface area contributed by atoms with Crippen LogP contribution in [0.1, 0.15) is 43.4 Å². The number of rotatable bonds is 6. The van der Waals surface area contributed by atoms with Gasteiger partial charge in [0.05, 0.1) is 12.8 Å². The zero-order valence-electron chi connectivity index (χ0n) is 14.1. The molecule has 0 saturated heterocycles. The second-order valence-electron chi connectivity index (χ2n) is 6.52. The first-order chi connectivity index (χ1) is 11.8. The van der Waals surface area contributed by atoms with Crippen molar-refractivity contribution in [2.75, 3.05) is 6.54 Å². The van der Waals surface area contributed by atoms with Gasteiger partial charge in [-0.2, -0.15) is 0 Å². The first-order valence-electron chi connectivity index (χ1n) is 8.93. The first-order valence-corrected chi connectivity index (χ1v) is 8.93. The van der Waals surface area contributed by atoms with Gasteiger partial charge in [0.15, 0.2) is 0 Å². The Morgan fingerprint density at radius 1 is 1.08 bits per heavy atom. The van der Waals surface area contributed by atoms with Crippen molar-refractivity contribution in [1.82, 2.24) is 10.2 Å². The van der Waals surface area contributed by atoms with E-state index in [1.54, 1.807) is 6.26 Å². The molecule has 0 bridgehead atoms. The Kier molecular flexibility index (Phi) is 5.94. The van der Waals surface area contributed by atoms with Crippen molar-refractivity contribution in [3.05, 3.63) is 60.1 Å². The molecular formula is C20H26N2O2. The Balaban J connectivity index is 1.60. The topological polar surface area (TPSA) is 45.5 Å². The summed E-state index contributed by atoms with van der Waals surface area (Å²) in [7, 11) is 0. The number of nitrogens with zero attached hydrogens (tertiary/aromatic N) is 1. The van der Waals surface area contributed by atoms with Crippen LogP contribution in [-0.4, -0.2) is 23.5 Å². The molecule has 0 aliphatic heterocycles. The van der Waals surface area contributed by atoms with Gasteiger partial charge in [-0.3, -0.25) is 0 Å². The van der Waals surface area contributed by atoms with Gasteiger partial charge < -0.3 is 14.6 Å². The summed E-state index contributed by atoms with van der Waals surface area (Å²) < 4.78 is 5.43. The van der Waals surface area contributed by atoms with E-state index in [2.05, 4.69) is 17.4 Å². The van der Waals surface area contributed by atoms with Crippen LogP contribution in [0.5, 0.6) is 0 Å². The molecule has 1 fully saturated rings. The summed E-state index contributed by atoms with van der Waals surface area (Å²) in [6.45, 7) is 1.20. The number of carbonyl (C=O) groups excluding carboxylic acids is 1. The van der Waals surface area contributed by atoms with Crippen molar-refractivity contribution >= 4 is 6.03 Å². The summed E-state index contributed by atoms with van der Waals surface area (Å²) in [5.74, 6) is 0.821. The molecule has 128 valence electrons. The van der Waals surface area contributed by atoms with E-state index in [1.807, 2.05) is 35.2 Å². The summed E-state index contributed by atoms with van der Waals surface area (Å²) in [5, 5.41) is 3.21. The van der Waals surface area contributed by atoms with E-state index in [9.17, 15) is 4.79 Å². The first kappa shape index (κ1) is 16.6. The van der Waals surface area contributed by atoms with Gasteiger partial charge in [-0.05, 0) is 37.0 Å². The normalized spacial score (nSPS) is 15.2. The Bertz CT molecular complexity index is 604. The molecule has 0 spiro atoms. The number of hydrogen-bond acceptors (Lipinski definition) is 2. The SMILES string of the molecule is O=C(NC1CCCCC1)N(CCc1ccccc1)Cc1ccco1. The van der Waals surface area contributed by atoms with Gasteiger partial charge in [-0.15, -0.1) is 0 Å². The smallest absolute Gasteiger partial charge is 0.318 e. The van der Waals surface area contributed by atoms with Gasteiger partial charge in [0.1, 0.15) is 5.76 Å². The molecule has 0 atom stereocenters. The fourth-order valence-electron chi connectivity index (χ4n) is 3.26. The van der Waals surface area contributed by atoms with Crippen LogP contribution in [0, 0.1) is 0 Å². The fraction of sp³-hybridized carbons (Fsp3) is 0.450. The van der Waals surface area contributed by atoms with Crippen LogP contribution in [-0.2, 0) is 13.0 Å². The van der Waals surface area contributed by atoms with Gasteiger partial charge in [-0.25, -0.2) is 4.79 Å². The second-order valence-corrected chi connectivity index (χ2v) is 6.52. The van der Waals surface area contributed by atoms with E-state index in [4.69, 9.17) is 4.42 Å². The molecule has 1 aliphatic rings. The van der Waals surface area contributed by atoms with Gasteiger partial charge in [0.2, 0.25) is 0 Å². The molecule has 1 N–H and O–H groups in total. The predicted octanol–water partition coefficient (Wildman–Crippen LogP) is 4.37. The van der Waals surface area contributed by atoms with Gasteiger partial charge in [0.25, 0.3) is 0 Å². The van der Waals surface area contributed by atoms with Crippen LogP contribution < -0.4 is 5.32 Å². The van der Waals surface area contributed by atoms with E-state index in [0.717, 1.165) is 25.0 Å². The van der Waals surface area contributed by atoms with Crippen LogP contribution in [0.4, 0.5) is 4.79 Å². The van der Waals surface area contributed by atoms with Gasteiger partial charge >= 0.3 is 6.03 Å². The number of carbonyl (C=O) groups is 1. The van der Waals surface area contributed by atoms with Crippen LogP contribution >= 0.6 is 0 Å². The fourth-order valence-corrected chi connectivity index (χ4v) is 3.26. The zero-order chi connectivity index (χ0) is 16.6. The molecule has 1 aliphatic carbocycles. The lowest BCUT2D eigenvalue weighted by molar-refractivity contribution is 0.183. The summed E-state index contributed by atoms with van der Waals surface area (Å²) in [4.78, 5) is 14.6. The van der Waals surface area contributed by atoms with Crippen LogP contribution in [0.2, 0.25) is 0 Å².